The van der Waals surface area contributed by atoms with Crippen LogP contribution < -0.4 is 4.90 Å². The quantitative estimate of drug-likeness (QED) is 0.816. The highest BCUT2D eigenvalue weighted by molar-refractivity contribution is 5.76. The Morgan fingerprint density at radius 2 is 1.92 bits per heavy atom. The third-order valence-electron chi connectivity index (χ3n) is 5.35. The average molecular weight is 358 g/mol. The Morgan fingerprint density at radius 1 is 1.15 bits per heavy atom. The van der Waals surface area contributed by atoms with E-state index < -0.39 is 0 Å². The molecule has 2 aliphatic rings. The van der Waals surface area contributed by atoms with E-state index in [2.05, 4.69) is 22.0 Å². The van der Waals surface area contributed by atoms with Gasteiger partial charge in [0.1, 0.15) is 5.82 Å². The van der Waals surface area contributed by atoms with Gasteiger partial charge in [0.05, 0.1) is 13.2 Å². The number of fused-ring (bicyclic) bond motifs is 1. The minimum absolute atomic E-state index is 0.206. The van der Waals surface area contributed by atoms with Crippen LogP contribution in [0.15, 0.2) is 12.1 Å². The fraction of sp³-hybridized carbons (Fsp3) is 0.667. The van der Waals surface area contributed by atoms with Crippen molar-refractivity contribution in [2.45, 2.75) is 32.6 Å². The number of likely N-dealkylation sites (tertiary alicyclic amines) is 1. The number of nitrogens with zero attached hydrogens (tertiary/aromatic N) is 6. The molecule has 0 bridgehead atoms. The summed E-state index contributed by atoms with van der Waals surface area (Å²) in [6.45, 7) is 7.11. The Bertz CT molecular complexity index is 762. The normalized spacial score (nSPS) is 19.3. The van der Waals surface area contributed by atoms with E-state index in [0.717, 1.165) is 75.4 Å². The van der Waals surface area contributed by atoms with E-state index >= 15 is 0 Å². The van der Waals surface area contributed by atoms with Gasteiger partial charge >= 0.3 is 0 Å². The number of carbonyl (C=O) groups excluding carboxylic acids is 1. The van der Waals surface area contributed by atoms with Crippen LogP contribution in [-0.4, -0.2) is 70.0 Å². The summed E-state index contributed by atoms with van der Waals surface area (Å²) in [5.41, 5.74) is 0.719. The van der Waals surface area contributed by atoms with Crippen LogP contribution >= 0.6 is 0 Å². The van der Waals surface area contributed by atoms with Crippen LogP contribution in [-0.2, 0) is 16.0 Å². The summed E-state index contributed by atoms with van der Waals surface area (Å²) in [7, 11) is 0. The number of piperidine rings is 1. The summed E-state index contributed by atoms with van der Waals surface area (Å²) < 4.78 is 7.18. The van der Waals surface area contributed by atoms with Crippen LogP contribution in [0.5, 0.6) is 0 Å². The Morgan fingerprint density at radius 3 is 2.69 bits per heavy atom. The molecule has 2 fully saturated rings. The molecular weight excluding hydrogens is 332 g/mol. The zero-order valence-electron chi connectivity index (χ0n) is 15.3. The molecule has 0 atom stereocenters. The number of ether oxygens (including phenoxy) is 1. The lowest BCUT2D eigenvalue weighted by Crippen LogP contribution is -2.38. The van der Waals surface area contributed by atoms with Gasteiger partial charge in [0.15, 0.2) is 11.5 Å². The molecule has 4 rings (SSSR count). The first-order valence-electron chi connectivity index (χ1n) is 9.52. The van der Waals surface area contributed by atoms with Crippen LogP contribution in [0.4, 0.5) is 5.82 Å². The van der Waals surface area contributed by atoms with Crippen LogP contribution in [0.3, 0.4) is 0 Å². The molecular formula is C18H26N6O2. The van der Waals surface area contributed by atoms with Crippen LogP contribution in [0, 0.1) is 5.92 Å². The molecule has 0 N–H and O–H groups in total. The van der Waals surface area contributed by atoms with Gasteiger partial charge in [-0.05, 0) is 30.9 Å². The van der Waals surface area contributed by atoms with E-state index in [0.29, 0.717) is 12.8 Å². The zero-order valence-corrected chi connectivity index (χ0v) is 15.3. The van der Waals surface area contributed by atoms with Crippen molar-refractivity contribution in [1.82, 2.24) is 24.7 Å². The molecule has 0 spiro atoms. The Kier molecular flexibility index (Phi) is 5.01. The van der Waals surface area contributed by atoms with Crippen molar-refractivity contribution in [3.05, 3.63) is 18.0 Å². The van der Waals surface area contributed by atoms with Gasteiger partial charge in [-0.25, -0.2) is 0 Å². The number of hydrogen-bond donors (Lipinski definition) is 0. The van der Waals surface area contributed by atoms with Crippen LogP contribution in [0.25, 0.3) is 5.65 Å². The molecule has 8 heteroatoms. The lowest BCUT2D eigenvalue weighted by Gasteiger charge is -2.30. The zero-order chi connectivity index (χ0) is 17.9. The highest BCUT2D eigenvalue weighted by Crippen LogP contribution is 2.18. The Hall–Kier alpha value is -2.22. The number of aryl methyl sites for hydroxylation is 1. The maximum Gasteiger partial charge on any atom is 0.223 e. The summed E-state index contributed by atoms with van der Waals surface area (Å²) in [4.78, 5) is 16.7. The second-order valence-electron chi connectivity index (χ2n) is 7.24. The van der Waals surface area contributed by atoms with Gasteiger partial charge in [-0.2, -0.15) is 4.52 Å². The fourth-order valence-corrected chi connectivity index (χ4v) is 3.58. The summed E-state index contributed by atoms with van der Waals surface area (Å²) in [5.74, 6) is 2.58. The van der Waals surface area contributed by atoms with Crippen molar-refractivity contribution in [2.24, 2.45) is 5.92 Å². The molecule has 0 saturated carbocycles. The monoisotopic (exact) mass is 358 g/mol. The maximum absolute atomic E-state index is 12.5. The van der Waals surface area contributed by atoms with E-state index in [-0.39, 0.29) is 5.91 Å². The number of anilines is 1. The second-order valence-corrected chi connectivity index (χ2v) is 7.24. The molecule has 0 aliphatic carbocycles. The van der Waals surface area contributed by atoms with E-state index in [4.69, 9.17) is 9.84 Å². The SMILES string of the molecule is CC1CCN(C(=O)CCc2nnc3ccc(N4CCOCC4)nn23)CC1. The molecule has 0 aromatic carbocycles. The second kappa shape index (κ2) is 7.57. The van der Waals surface area contributed by atoms with E-state index in [1.54, 1.807) is 4.52 Å². The third-order valence-corrected chi connectivity index (χ3v) is 5.35. The summed E-state index contributed by atoms with van der Waals surface area (Å²) in [6, 6.07) is 3.90. The van der Waals surface area contributed by atoms with Crippen LogP contribution in [0.2, 0.25) is 0 Å². The van der Waals surface area contributed by atoms with Crippen molar-refractivity contribution in [3.63, 3.8) is 0 Å². The van der Waals surface area contributed by atoms with Gasteiger partial charge in [0.25, 0.3) is 0 Å². The molecule has 0 radical (unpaired) electrons. The highest BCUT2D eigenvalue weighted by Gasteiger charge is 2.21. The molecule has 4 heterocycles. The number of rotatable bonds is 4. The van der Waals surface area contributed by atoms with E-state index in [9.17, 15) is 4.79 Å². The molecule has 2 aromatic rings. The Balaban J connectivity index is 1.43. The fourth-order valence-electron chi connectivity index (χ4n) is 3.58. The number of hydrogen-bond acceptors (Lipinski definition) is 6. The minimum Gasteiger partial charge on any atom is -0.378 e. The topological polar surface area (TPSA) is 75.9 Å². The summed E-state index contributed by atoms with van der Waals surface area (Å²) in [6.07, 6.45) is 3.22. The van der Waals surface area contributed by atoms with Gasteiger partial charge in [0, 0.05) is 39.0 Å². The van der Waals surface area contributed by atoms with Gasteiger partial charge in [-0.3, -0.25) is 4.79 Å². The maximum atomic E-state index is 12.5. The van der Waals surface area contributed by atoms with E-state index in [1.807, 2.05) is 17.0 Å². The molecule has 26 heavy (non-hydrogen) atoms. The van der Waals surface area contributed by atoms with Gasteiger partial charge in [0.2, 0.25) is 5.91 Å². The molecule has 0 unspecified atom stereocenters. The molecule has 1 amide bonds. The number of morpholine rings is 1. The largest absolute Gasteiger partial charge is 0.378 e. The Labute approximate surface area is 153 Å². The molecule has 8 nitrogen and oxygen atoms in total. The highest BCUT2D eigenvalue weighted by atomic mass is 16.5. The van der Waals surface area contributed by atoms with Gasteiger partial charge < -0.3 is 14.5 Å². The lowest BCUT2D eigenvalue weighted by molar-refractivity contribution is -0.132. The number of amides is 1. The van der Waals surface area contributed by atoms with Gasteiger partial charge in [-0.15, -0.1) is 15.3 Å². The first kappa shape index (κ1) is 17.2. The smallest absolute Gasteiger partial charge is 0.223 e. The first-order valence-corrected chi connectivity index (χ1v) is 9.52. The van der Waals surface area contributed by atoms with Crippen LogP contribution in [0.1, 0.15) is 32.0 Å². The predicted octanol–water partition coefficient (Wildman–Crippen LogP) is 1.15. The van der Waals surface area contributed by atoms with E-state index in [1.165, 1.54) is 0 Å². The van der Waals surface area contributed by atoms with Crippen molar-refractivity contribution in [1.29, 1.82) is 0 Å². The predicted molar refractivity (Wildman–Crippen MR) is 97.1 cm³/mol. The summed E-state index contributed by atoms with van der Waals surface area (Å²) >= 11 is 0. The average Bonchev–Trinajstić information content (AvgIpc) is 3.09. The minimum atomic E-state index is 0.206. The lowest BCUT2D eigenvalue weighted by atomic mass is 9.99. The molecule has 2 aromatic heterocycles. The summed E-state index contributed by atoms with van der Waals surface area (Å²) in [5, 5.41) is 13.1. The van der Waals surface area contributed by atoms with Crippen molar-refractivity contribution in [3.8, 4) is 0 Å². The standard InChI is InChI=1S/C18H26N6O2/c1-14-6-8-23(9-7-14)18(25)5-4-16-20-19-15-2-3-17(21-24(15)16)22-10-12-26-13-11-22/h2-3,14H,4-13H2,1H3. The van der Waals surface area contributed by atoms with Gasteiger partial charge in [-0.1, -0.05) is 6.92 Å². The third kappa shape index (κ3) is 3.65. The number of carbonyl (C=O) groups is 1. The first-order chi connectivity index (χ1) is 12.7. The molecule has 2 saturated heterocycles. The molecule has 140 valence electrons. The molecule has 2 aliphatic heterocycles. The van der Waals surface area contributed by atoms with Crippen molar-refractivity contribution in [2.75, 3.05) is 44.3 Å². The number of aromatic nitrogens is 4. The van der Waals surface area contributed by atoms with Crippen molar-refractivity contribution >= 4 is 17.4 Å². The van der Waals surface area contributed by atoms with Crippen molar-refractivity contribution < 1.29 is 9.53 Å².